The smallest absolute Gasteiger partial charge is 0.0220 e. The Bertz CT molecular complexity index is 313. The van der Waals surface area contributed by atoms with Crippen molar-refractivity contribution in [1.82, 2.24) is 10.6 Å². The third-order valence-corrected chi connectivity index (χ3v) is 3.20. The number of benzene rings is 1. The molecule has 1 rings (SSSR count). The van der Waals surface area contributed by atoms with Crippen LogP contribution in [0.3, 0.4) is 0 Å². The third kappa shape index (κ3) is 5.10. The Hall–Kier alpha value is -0.380. The van der Waals surface area contributed by atoms with Gasteiger partial charge in [0.05, 0.1) is 0 Å². The maximum absolute atomic E-state index is 3.55. The second-order valence-corrected chi connectivity index (χ2v) is 5.29. The fourth-order valence-corrected chi connectivity index (χ4v) is 1.84. The first-order valence-corrected chi connectivity index (χ1v) is 6.59. The van der Waals surface area contributed by atoms with Crippen molar-refractivity contribution in [3.8, 4) is 0 Å². The van der Waals surface area contributed by atoms with Crippen LogP contribution < -0.4 is 10.6 Å². The van der Waals surface area contributed by atoms with Crippen LogP contribution in [0.2, 0.25) is 0 Å². The number of hydrogen-bond acceptors (Lipinski definition) is 2. The van der Waals surface area contributed by atoms with Crippen molar-refractivity contribution in [3.63, 3.8) is 0 Å². The van der Waals surface area contributed by atoms with Crippen LogP contribution >= 0.6 is 15.9 Å². The summed E-state index contributed by atoms with van der Waals surface area (Å²) in [6, 6.07) is 9.35. The topological polar surface area (TPSA) is 24.1 Å². The van der Waals surface area contributed by atoms with Gasteiger partial charge in [-0.1, -0.05) is 48.0 Å². The van der Waals surface area contributed by atoms with Crippen molar-refractivity contribution in [3.05, 3.63) is 34.3 Å². The standard InChI is InChI=1S/C13H21BrN2/c1-10(2)15-8-11(3)16-9-12-6-4-5-7-13(12)14/h4-7,10-11,15-16H,8-9H2,1-3H3. The first-order chi connectivity index (χ1) is 7.59. The van der Waals surface area contributed by atoms with Gasteiger partial charge in [-0.3, -0.25) is 0 Å². The summed E-state index contributed by atoms with van der Waals surface area (Å²) in [6.45, 7) is 8.44. The Morgan fingerprint density at radius 1 is 1.12 bits per heavy atom. The van der Waals surface area contributed by atoms with E-state index in [1.807, 2.05) is 6.07 Å². The van der Waals surface area contributed by atoms with Gasteiger partial charge >= 0.3 is 0 Å². The first-order valence-electron chi connectivity index (χ1n) is 5.79. The molecule has 0 amide bonds. The molecule has 1 atom stereocenters. The normalized spacial score (nSPS) is 13.1. The lowest BCUT2D eigenvalue weighted by Crippen LogP contribution is -2.38. The summed E-state index contributed by atoms with van der Waals surface area (Å²) in [5, 5.41) is 6.92. The highest BCUT2D eigenvalue weighted by atomic mass is 79.9. The molecule has 2 nitrogen and oxygen atoms in total. The monoisotopic (exact) mass is 284 g/mol. The molecule has 1 aromatic carbocycles. The molecule has 3 heteroatoms. The quantitative estimate of drug-likeness (QED) is 0.839. The molecule has 0 saturated heterocycles. The van der Waals surface area contributed by atoms with E-state index < -0.39 is 0 Å². The molecule has 0 fully saturated rings. The molecule has 0 aliphatic carbocycles. The maximum atomic E-state index is 3.55. The number of rotatable bonds is 6. The SMILES string of the molecule is CC(C)NCC(C)NCc1ccccc1Br. The lowest BCUT2D eigenvalue weighted by molar-refractivity contribution is 0.473. The Morgan fingerprint density at radius 2 is 1.81 bits per heavy atom. The summed E-state index contributed by atoms with van der Waals surface area (Å²) in [5.74, 6) is 0. The first kappa shape index (κ1) is 13.7. The summed E-state index contributed by atoms with van der Waals surface area (Å²) in [4.78, 5) is 0. The van der Waals surface area contributed by atoms with E-state index in [1.165, 1.54) is 10.0 Å². The predicted octanol–water partition coefficient (Wildman–Crippen LogP) is 2.93. The molecule has 0 heterocycles. The van der Waals surface area contributed by atoms with Crippen LogP contribution in [0, 0.1) is 0 Å². The summed E-state index contributed by atoms with van der Waals surface area (Å²) in [6.07, 6.45) is 0. The zero-order chi connectivity index (χ0) is 12.0. The number of hydrogen-bond donors (Lipinski definition) is 2. The fourth-order valence-electron chi connectivity index (χ4n) is 1.41. The maximum Gasteiger partial charge on any atom is 0.0220 e. The lowest BCUT2D eigenvalue weighted by atomic mass is 10.2. The van der Waals surface area contributed by atoms with Gasteiger partial charge in [0.15, 0.2) is 0 Å². The third-order valence-electron chi connectivity index (χ3n) is 2.43. The van der Waals surface area contributed by atoms with Crippen LogP contribution in [-0.2, 0) is 6.54 Å². The predicted molar refractivity (Wildman–Crippen MR) is 73.6 cm³/mol. The zero-order valence-electron chi connectivity index (χ0n) is 10.3. The van der Waals surface area contributed by atoms with Gasteiger partial charge in [0.1, 0.15) is 0 Å². The van der Waals surface area contributed by atoms with Gasteiger partial charge in [0, 0.05) is 29.6 Å². The minimum atomic E-state index is 0.481. The Labute approximate surface area is 107 Å². The molecule has 0 aliphatic rings. The van der Waals surface area contributed by atoms with E-state index in [0.717, 1.165) is 13.1 Å². The summed E-state index contributed by atoms with van der Waals surface area (Å²) >= 11 is 3.55. The highest BCUT2D eigenvalue weighted by molar-refractivity contribution is 9.10. The number of halogens is 1. The van der Waals surface area contributed by atoms with Crippen LogP contribution in [0.4, 0.5) is 0 Å². The van der Waals surface area contributed by atoms with Gasteiger partial charge in [-0.2, -0.15) is 0 Å². The molecule has 2 N–H and O–H groups in total. The zero-order valence-corrected chi connectivity index (χ0v) is 11.8. The van der Waals surface area contributed by atoms with E-state index in [-0.39, 0.29) is 0 Å². The van der Waals surface area contributed by atoms with Crippen molar-refractivity contribution in [2.45, 2.75) is 39.4 Å². The van der Waals surface area contributed by atoms with Gasteiger partial charge in [-0.25, -0.2) is 0 Å². The summed E-state index contributed by atoms with van der Waals surface area (Å²) < 4.78 is 1.17. The van der Waals surface area contributed by atoms with Crippen LogP contribution in [0.1, 0.15) is 26.3 Å². The highest BCUT2D eigenvalue weighted by Gasteiger charge is 2.03. The lowest BCUT2D eigenvalue weighted by Gasteiger charge is -2.17. The van der Waals surface area contributed by atoms with Crippen molar-refractivity contribution in [1.29, 1.82) is 0 Å². The molecule has 1 aromatic rings. The molecule has 0 aromatic heterocycles. The van der Waals surface area contributed by atoms with E-state index >= 15 is 0 Å². The van der Waals surface area contributed by atoms with E-state index in [1.54, 1.807) is 0 Å². The summed E-state index contributed by atoms with van der Waals surface area (Å²) in [7, 11) is 0. The van der Waals surface area contributed by atoms with Gasteiger partial charge < -0.3 is 10.6 Å². The molecule has 0 saturated carbocycles. The fraction of sp³-hybridized carbons (Fsp3) is 0.538. The van der Waals surface area contributed by atoms with Crippen molar-refractivity contribution in [2.24, 2.45) is 0 Å². The van der Waals surface area contributed by atoms with Crippen LogP contribution in [0.5, 0.6) is 0 Å². The number of nitrogens with one attached hydrogen (secondary N) is 2. The average Bonchev–Trinajstić information content (AvgIpc) is 2.25. The largest absolute Gasteiger partial charge is 0.313 e. The molecule has 0 aliphatic heterocycles. The Balaban J connectivity index is 2.31. The molecule has 1 unspecified atom stereocenters. The Kier molecular flexibility index (Phi) is 6.03. The Morgan fingerprint density at radius 3 is 2.44 bits per heavy atom. The molecule has 0 radical (unpaired) electrons. The highest BCUT2D eigenvalue weighted by Crippen LogP contribution is 2.15. The second-order valence-electron chi connectivity index (χ2n) is 4.44. The van der Waals surface area contributed by atoms with E-state index in [9.17, 15) is 0 Å². The molecular formula is C13H21BrN2. The summed E-state index contributed by atoms with van der Waals surface area (Å²) in [5.41, 5.74) is 1.30. The van der Waals surface area contributed by atoms with Crippen molar-refractivity contribution < 1.29 is 0 Å². The van der Waals surface area contributed by atoms with Crippen LogP contribution in [0.25, 0.3) is 0 Å². The van der Waals surface area contributed by atoms with Gasteiger partial charge in [-0.15, -0.1) is 0 Å². The van der Waals surface area contributed by atoms with Gasteiger partial charge in [-0.05, 0) is 18.6 Å². The van der Waals surface area contributed by atoms with E-state index in [0.29, 0.717) is 12.1 Å². The second kappa shape index (κ2) is 7.05. The minimum Gasteiger partial charge on any atom is -0.313 e. The minimum absolute atomic E-state index is 0.481. The van der Waals surface area contributed by atoms with Gasteiger partial charge in [0.2, 0.25) is 0 Å². The van der Waals surface area contributed by atoms with Crippen molar-refractivity contribution >= 4 is 15.9 Å². The van der Waals surface area contributed by atoms with Crippen LogP contribution in [0.15, 0.2) is 28.7 Å². The molecule has 90 valence electrons. The molecule has 16 heavy (non-hydrogen) atoms. The van der Waals surface area contributed by atoms with Gasteiger partial charge in [0.25, 0.3) is 0 Å². The van der Waals surface area contributed by atoms with E-state index in [2.05, 4.69) is 65.5 Å². The van der Waals surface area contributed by atoms with Crippen LogP contribution in [-0.4, -0.2) is 18.6 Å². The molecule has 0 bridgehead atoms. The average molecular weight is 285 g/mol. The van der Waals surface area contributed by atoms with E-state index in [4.69, 9.17) is 0 Å². The molecule has 0 spiro atoms. The molecular weight excluding hydrogens is 264 g/mol. The van der Waals surface area contributed by atoms with Crippen molar-refractivity contribution in [2.75, 3.05) is 6.54 Å².